The lowest BCUT2D eigenvalue weighted by molar-refractivity contribution is -0.128. The van der Waals surface area contributed by atoms with Crippen LogP contribution in [0.2, 0.25) is 0 Å². The van der Waals surface area contributed by atoms with E-state index in [0.29, 0.717) is 25.1 Å². The number of aromatic nitrogens is 2. The molecule has 0 radical (unpaired) electrons. The fourth-order valence-corrected chi connectivity index (χ4v) is 7.36. The number of amides is 1. The van der Waals surface area contributed by atoms with Crippen LogP contribution in [-0.2, 0) is 24.7 Å². The van der Waals surface area contributed by atoms with Crippen molar-refractivity contribution < 1.29 is 26.0 Å². The van der Waals surface area contributed by atoms with Gasteiger partial charge in [0.2, 0.25) is 21.8 Å². The molecule has 176 valence electrons. The maximum Gasteiger partial charge on any atom is 0.277 e. The Kier molecular flexibility index (Phi) is 7.63. The Labute approximate surface area is 192 Å². The van der Waals surface area contributed by atoms with E-state index in [9.17, 15) is 21.6 Å². The molecule has 0 unspecified atom stereocenters. The highest BCUT2D eigenvalue weighted by Crippen LogP contribution is 2.27. The van der Waals surface area contributed by atoms with E-state index < -0.39 is 19.9 Å². The topological polar surface area (TPSA) is 131 Å². The normalized spacial score (nSPS) is 18.2. The Morgan fingerprint density at radius 1 is 1.25 bits per heavy atom. The van der Waals surface area contributed by atoms with Gasteiger partial charge in [-0.25, -0.2) is 16.8 Å². The SMILES string of the molecule is CCN(CC)S(=O)(=O)c1cccc(-c2nnc(SCC(=O)N(C)[C@H]3CCS(=O)(=O)C3)o2)c1. The van der Waals surface area contributed by atoms with Crippen LogP contribution in [0.4, 0.5) is 0 Å². The smallest absolute Gasteiger partial charge is 0.277 e. The number of sulfone groups is 1. The van der Waals surface area contributed by atoms with Crippen LogP contribution in [0.5, 0.6) is 0 Å². The van der Waals surface area contributed by atoms with Gasteiger partial charge in [-0.3, -0.25) is 4.79 Å². The Balaban J connectivity index is 1.67. The number of rotatable bonds is 9. The summed E-state index contributed by atoms with van der Waals surface area (Å²) in [5.41, 5.74) is 0.456. The lowest BCUT2D eigenvalue weighted by atomic mass is 10.2. The Bertz CT molecular complexity index is 1180. The largest absolute Gasteiger partial charge is 0.411 e. The van der Waals surface area contributed by atoms with E-state index in [4.69, 9.17) is 4.42 Å². The number of hydrogen-bond donors (Lipinski definition) is 0. The number of benzene rings is 1. The molecule has 10 nitrogen and oxygen atoms in total. The third-order valence-corrected chi connectivity index (χ3v) is 9.90. The molecule has 32 heavy (non-hydrogen) atoms. The molecule has 0 spiro atoms. The minimum absolute atomic E-state index is 0.0165. The fourth-order valence-electron chi connectivity index (χ4n) is 3.40. The number of carbonyl (C=O) groups excluding carboxylic acids is 1. The molecule has 13 heteroatoms. The number of carbonyl (C=O) groups is 1. The molecular weight excluding hydrogens is 476 g/mol. The third-order valence-electron chi connectivity index (χ3n) is 5.30. The molecule has 0 N–H and O–H groups in total. The van der Waals surface area contributed by atoms with Gasteiger partial charge >= 0.3 is 0 Å². The van der Waals surface area contributed by atoms with Crippen molar-refractivity contribution in [3.8, 4) is 11.5 Å². The average Bonchev–Trinajstić information content (AvgIpc) is 3.38. The maximum absolute atomic E-state index is 12.7. The molecule has 1 saturated heterocycles. The molecule has 2 heterocycles. The first-order chi connectivity index (χ1) is 15.1. The first-order valence-corrected chi connectivity index (χ1v) is 14.3. The summed E-state index contributed by atoms with van der Waals surface area (Å²) < 4.78 is 55.7. The van der Waals surface area contributed by atoms with Crippen molar-refractivity contribution in [2.24, 2.45) is 0 Å². The molecule has 2 aromatic rings. The second kappa shape index (κ2) is 9.89. The van der Waals surface area contributed by atoms with Crippen molar-refractivity contribution in [1.82, 2.24) is 19.4 Å². The molecule has 1 fully saturated rings. The summed E-state index contributed by atoms with van der Waals surface area (Å²) in [6.45, 7) is 4.27. The minimum atomic E-state index is -3.63. The van der Waals surface area contributed by atoms with Crippen molar-refractivity contribution in [2.45, 2.75) is 36.4 Å². The van der Waals surface area contributed by atoms with Crippen molar-refractivity contribution in [3.63, 3.8) is 0 Å². The summed E-state index contributed by atoms with van der Waals surface area (Å²) in [7, 11) is -5.11. The van der Waals surface area contributed by atoms with Gasteiger partial charge < -0.3 is 9.32 Å². The van der Waals surface area contributed by atoms with Crippen LogP contribution >= 0.6 is 11.8 Å². The van der Waals surface area contributed by atoms with Crippen molar-refractivity contribution in [1.29, 1.82) is 0 Å². The van der Waals surface area contributed by atoms with E-state index in [1.54, 1.807) is 33.0 Å². The Hall–Kier alpha value is -1.96. The van der Waals surface area contributed by atoms with E-state index in [-0.39, 0.29) is 45.2 Å². The van der Waals surface area contributed by atoms with Crippen LogP contribution in [0, 0.1) is 0 Å². The summed E-state index contributed by atoms with van der Waals surface area (Å²) in [4.78, 5) is 14.0. The zero-order valence-electron chi connectivity index (χ0n) is 18.1. The predicted molar refractivity (Wildman–Crippen MR) is 120 cm³/mol. The van der Waals surface area contributed by atoms with Crippen molar-refractivity contribution in [3.05, 3.63) is 24.3 Å². The zero-order valence-corrected chi connectivity index (χ0v) is 20.5. The summed E-state index contributed by atoms with van der Waals surface area (Å²) in [5, 5.41) is 8.05. The maximum atomic E-state index is 12.7. The van der Waals surface area contributed by atoms with Gasteiger partial charge in [0.05, 0.1) is 22.2 Å². The highest BCUT2D eigenvalue weighted by molar-refractivity contribution is 7.99. The predicted octanol–water partition coefficient (Wildman–Crippen LogP) is 1.50. The first kappa shape index (κ1) is 24.7. The number of sulfonamides is 1. The van der Waals surface area contributed by atoms with Gasteiger partial charge in [0.25, 0.3) is 5.22 Å². The number of hydrogen-bond acceptors (Lipinski definition) is 9. The molecular formula is C19H26N4O6S3. The summed E-state index contributed by atoms with van der Waals surface area (Å²) in [6.07, 6.45) is 0.437. The quantitative estimate of drug-likeness (QED) is 0.468. The molecule has 0 saturated carbocycles. The molecule has 1 atom stereocenters. The molecule has 1 aliphatic heterocycles. The molecule has 1 aliphatic rings. The van der Waals surface area contributed by atoms with E-state index in [1.807, 2.05) is 0 Å². The van der Waals surface area contributed by atoms with E-state index in [0.717, 1.165) is 11.8 Å². The van der Waals surface area contributed by atoms with E-state index in [2.05, 4.69) is 10.2 Å². The highest BCUT2D eigenvalue weighted by Gasteiger charge is 2.32. The summed E-state index contributed by atoms with van der Waals surface area (Å²) >= 11 is 1.05. The van der Waals surface area contributed by atoms with Crippen LogP contribution in [0.15, 0.2) is 38.8 Å². The van der Waals surface area contributed by atoms with Crippen LogP contribution in [-0.4, -0.2) is 85.6 Å². The molecule has 0 aliphatic carbocycles. The van der Waals surface area contributed by atoms with Crippen molar-refractivity contribution in [2.75, 3.05) is 37.4 Å². The van der Waals surface area contributed by atoms with Gasteiger partial charge in [-0.1, -0.05) is 31.7 Å². The van der Waals surface area contributed by atoms with Crippen LogP contribution in [0.3, 0.4) is 0 Å². The number of thioether (sulfide) groups is 1. The zero-order chi connectivity index (χ0) is 23.5. The Morgan fingerprint density at radius 3 is 2.59 bits per heavy atom. The standard InChI is InChI=1S/C19H26N4O6S3/c1-4-23(5-2)32(27,28)16-8-6-7-14(11-16)18-20-21-19(29-18)30-12-17(24)22(3)15-9-10-31(25,26)13-15/h6-8,11,15H,4-5,9-10,12-13H2,1-3H3/t15-/m0/s1. The van der Waals surface area contributed by atoms with Gasteiger partial charge in [-0.05, 0) is 24.6 Å². The minimum Gasteiger partial charge on any atom is -0.411 e. The van der Waals surface area contributed by atoms with Crippen molar-refractivity contribution >= 4 is 37.5 Å². The molecule has 3 rings (SSSR count). The first-order valence-electron chi connectivity index (χ1n) is 10.1. The van der Waals surface area contributed by atoms with Crippen LogP contribution in [0.1, 0.15) is 20.3 Å². The summed E-state index contributed by atoms with van der Waals surface area (Å²) in [5.74, 6) is 0.0110. The molecule has 1 aromatic heterocycles. The molecule has 1 aromatic carbocycles. The highest BCUT2D eigenvalue weighted by atomic mass is 32.2. The average molecular weight is 503 g/mol. The van der Waals surface area contributed by atoms with Gasteiger partial charge in [-0.15, -0.1) is 10.2 Å². The monoisotopic (exact) mass is 502 g/mol. The molecule has 0 bridgehead atoms. The fraction of sp³-hybridized carbons (Fsp3) is 0.526. The van der Waals surface area contributed by atoms with Gasteiger partial charge in [0.15, 0.2) is 9.84 Å². The van der Waals surface area contributed by atoms with Gasteiger partial charge in [0.1, 0.15) is 0 Å². The second-order valence-corrected chi connectivity index (χ2v) is 12.4. The van der Waals surface area contributed by atoms with Crippen LogP contribution in [0.25, 0.3) is 11.5 Å². The second-order valence-electron chi connectivity index (χ2n) is 7.34. The lowest BCUT2D eigenvalue weighted by Crippen LogP contribution is -2.38. The lowest BCUT2D eigenvalue weighted by Gasteiger charge is -2.22. The number of nitrogens with zero attached hydrogens (tertiary/aromatic N) is 4. The van der Waals surface area contributed by atoms with Gasteiger partial charge in [-0.2, -0.15) is 4.31 Å². The Morgan fingerprint density at radius 2 is 1.97 bits per heavy atom. The summed E-state index contributed by atoms with van der Waals surface area (Å²) in [6, 6.07) is 5.96. The van der Waals surface area contributed by atoms with Crippen LogP contribution < -0.4 is 0 Å². The van der Waals surface area contributed by atoms with E-state index in [1.165, 1.54) is 21.3 Å². The third kappa shape index (κ3) is 5.50. The van der Waals surface area contributed by atoms with E-state index >= 15 is 0 Å². The molecule has 1 amide bonds. The van der Waals surface area contributed by atoms with Gasteiger partial charge in [0, 0.05) is 31.7 Å².